The molecule has 0 bridgehead atoms. The predicted octanol–water partition coefficient (Wildman–Crippen LogP) is 6.97. The van der Waals surface area contributed by atoms with Crippen LogP contribution in [0.2, 0.25) is 0 Å². The number of ether oxygens (including phenoxy) is 2. The Morgan fingerprint density at radius 2 is 1.08 bits per heavy atom. The minimum absolute atomic E-state index is 0.00442. The summed E-state index contributed by atoms with van der Waals surface area (Å²) in [4.78, 5) is 0. The quantitative estimate of drug-likeness (QED) is 0.185. The van der Waals surface area contributed by atoms with E-state index in [0.717, 1.165) is 6.42 Å². The van der Waals surface area contributed by atoms with E-state index in [4.69, 9.17) is 15.2 Å². The average Bonchev–Trinajstić information content (AvgIpc) is 2.61. The summed E-state index contributed by atoms with van der Waals surface area (Å²) in [5.41, 5.74) is 5.60. The van der Waals surface area contributed by atoms with Crippen LogP contribution in [0.3, 0.4) is 0 Å². The first kappa shape index (κ1) is 25.9. The van der Waals surface area contributed by atoms with Gasteiger partial charge in [-0.3, -0.25) is 0 Å². The molecule has 3 heteroatoms. The van der Waals surface area contributed by atoms with Crippen molar-refractivity contribution >= 4 is 0 Å². The smallest absolute Gasteiger partial charge is 0.140 e. The van der Waals surface area contributed by atoms with Gasteiger partial charge in [0.2, 0.25) is 0 Å². The molecule has 26 heavy (non-hydrogen) atoms. The molecule has 0 radical (unpaired) electrons. The monoisotopic (exact) mass is 371 g/mol. The lowest BCUT2D eigenvalue weighted by molar-refractivity contribution is -0.132. The van der Waals surface area contributed by atoms with Crippen molar-refractivity contribution in [2.45, 2.75) is 136 Å². The fraction of sp³-hybridized carbons (Fsp3) is 1.00. The lowest BCUT2D eigenvalue weighted by Crippen LogP contribution is -2.51. The van der Waals surface area contributed by atoms with Crippen molar-refractivity contribution in [2.75, 3.05) is 13.2 Å². The van der Waals surface area contributed by atoms with Crippen LogP contribution in [0, 0.1) is 0 Å². The van der Waals surface area contributed by atoms with Gasteiger partial charge in [-0.25, -0.2) is 0 Å². The second kappa shape index (κ2) is 18.3. The average molecular weight is 372 g/mol. The van der Waals surface area contributed by atoms with E-state index in [0.29, 0.717) is 13.2 Å². The number of nitrogens with two attached hydrogens (primary N) is 1. The maximum Gasteiger partial charge on any atom is 0.140 e. The van der Waals surface area contributed by atoms with Crippen LogP contribution in [-0.4, -0.2) is 25.0 Å². The van der Waals surface area contributed by atoms with E-state index in [1.165, 1.54) is 89.9 Å². The highest BCUT2D eigenvalue weighted by Gasteiger charge is 2.30. The molecule has 2 atom stereocenters. The Bertz CT molecular complexity index is 281. The minimum Gasteiger partial charge on any atom is -0.374 e. The van der Waals surface area contributed by atoms with Gasteiger partial charge in [-0.05, 0) is 27.2 Å². The summed E-state index contributed by atoms with van der Waals surface area (Å²) < 4.78 is 11.5. The summed E-state index contributed by atoms with van der Waals surface area (Å²) in [7, 11) is 0. The molecule has 0 saturated heterocycles. The molecule has 0 aliphatic carbocycles. The molecule has 0 spiro atoms. The molecule has 2 N–H and O–H groups in total. The summed E-state index contributed by atoms with van der Waals surface area (Å²) in [6, 6.07) is 0. The van der Waals surface area contributed by atoms with Crippen LogP contribution in [-0.2, 0) is 9.47 Å². The number of hydrogen-bond acceptors (Lipinski definition) is 3. The van der Waals surface area contributed by atoms with E-state index in [-0.39, 0.29) is 6.10 Å². The second-order valence-electron chi connectivity index (χ2n) is 7.95. The lowest BCUT2D eigenvalue weighted by atomic mass is 10.0. The van der Waals surface area contributed by atoms with E-state index in [1.54, 1.807) is 0 Å². The molecule has 0 fully saturated rings. The number of hydrogen-bond donors (Lipinski definition) is 1. The van der Waals surface area contributed by atoms with Crippen LogP contribution in [0.5, 0.6) is 0 Å². The summed E-state index contributed by atoms with van der Waals surface area (Å²) in [6.45, 7) is 9.58. The normalized spacial score (nSPS) is 15.1. The van der Waals surface area contributed by atoms with Crippen LogP contribution in [0.4, 0.5) is 0 Å². The molecule has 3 nitrogen and oxygen atoms in total. The fourth-order valence-electron chi connectivity index (χ4n) is 3.66. The van der Waals surface area contributed by atoms with Gasteiger partial charge >= 0.3 is 0 Å². The van der Waals surface area contributed by atoms with Crippen molar-refractivity contribution in [1.82, 2.24) is 0 Å². The van der Waals surface area contributed by atoms with E-state index in [2.05, 4.69) is 6.92 Å². The first-order valence-corrected chi connectivity index (χ1v) is 11.6. The number of unbranched alkanes of at least 4 members (excludes halogenated alkanes) is 13. The van der Waals surface area contributed by atoms with E-state index >= 15 is 0 Å². The van der Waals surface area contributed by atoms with Gasteiger partial charge < -0.3 is 15.2 Å². The maximum atomic E-state index is 6.26. The highest BCUT2D eigenvalue weighted by atomic mass is 16.6. The molecule has 158 valence electrons. The largest absolute Gasteiger partial charge is 0.374 e. The van der Waals surface area contributed by atoms with Gasteiger partial charge in [0.25, 0.3) is 0 Å². The fourth-order valence-corrected chi connectivity index (χ4v) is 3.66. The summed E-state index contributed by atoms with van der Waals surface area (Å²) >= 11 is 0. The van der Waals surface area contributed by atoms with Crippen molar-refractivity contribution < 1.29 is 9.47 Å². The Morgan fingerprint density at radius 1 is 0.654 bits per heavy atom. The van der Waals surface area contributed by atoms with Crippen molar-refractivity contribution in [3.63, 3.8) is 0 Å². The van der Waals surface area contributed by atoms with E-state index in [1.807, 2.05) is 20.8 Å². The van der Waals surface area contributed by atoms with E-state index in [9.17, 15) is 0 Å². The minimum atomic E-state index is -0.665. The first-order chi connectivity index (χ1) is 12.6. The summed E-state index contributed by atoms with van der Waals surface area (Å²) in [5.74, 6) is 0. The van der Waals surface area contributed by atoms with Crippen LogP contribution >= 0.6 is 0 Å². The molecule has 0 heterocycles. The Kier molecular flexibility index (Phi) is 18.2. The van der Waals surface area contributed by atoms with Crippen LogP contribution < -0.4 is 5.73 Å². The van der Waals surface area contributed by atoms with Crippen LogP contribution in [0.25, 0.3) is 0 Å². The summed E-state index contributed by atoms with van der Waals surface area (Å²) in [6.07, 6.45) is 20.4. The standard InChI is InChI=1S/C23H49NO2/c1-5-8-9-10-11-12-13-14-15-16-17-18-19-20-21-22(25-6-2)23(4,24)26-7-3/h22H,5-21,24H2,1-4H3. The zero-order chi connectivity index (χ0) is 19.5. The molecule has 0 amide bonds. The molecule has 0 aromatic carbocycles. The zero-order valence-corrected chi connectivity index (χ0v) is 18.5. The van der Waals surface area contributed by atoms with Crippen molar-refractivity contribution in [3.8, 4) is 0 Å². The molecule has 0 aliphatic heterocycles. The third-order valence-electron chi connectivity index (χ3n) is 5.28. The van der Waals surface area contributed by atoms with Gasteiger partial charge in [0.15, 0.2) is 0 Å². The molecular formula is C23H49NO2. The van der Waals surface area contributed by atoms with Crippen molar-refractivity contribution in [1.29, 1.82) is 0 Å². The molecule has 0 aromatic rings. The first-order valence-electron chi connectivity index (χ1n) is 11.6. The Morgan fingerprint density at radius 3 is 1.46 bits per heavy atom. The molecule has 2 unspecified atom stereocenters. The third-order valence-corrected chi connectivity index (χ3v) is 5.28. The van der Waals surface area contributed by atoms with Gasteiger partial charge in [0.1, 0.15) is 5.72 Å². The van der Waals surface area contributed by atoms with Crippen LogP contribution in [0.1, 0.15) is 124 Å². The van der Waals surface area contributed by atoms with Crippen LogP contribution in [0.15, 0.2) is 0 Å². The third kappa shape index (κ3) is 15.0. The van der Waals surface area contributed by atoms with Crippen molar-refractivity contribution in [3.05, 3.63) is 0 Å². The van der Waals surface area contributed by atoms with Gasteiger partial charge in [0, 0.05) is 13.2 Å². The Hall–Kier alpha value is -0.120. The summed E-state index contributed by atoms with van der Waals surface area (Å²) in [5, 5.41) is 0. The second-order valence-corrected chi connectivity index (χ2v) is 7.95. The zero-order valence-electron chi connectivity index (χ0n) is 18.5. The molecule has 0 aromatic heterocycles. The topological polar surface area (TPSA) is 44.5 Å². The van der Waals surface area contributed by atoms with Gasteiger partial charge in [-0.15, -0.1) is 0 Å². The van der Waals surface area contributed by atoms with Gasteiger partial charge in [-0.2, -0.15) is 0 Å². The van der Waals surface area contributed by atoms with Gasteiger partial charge in [0.05, 0.1) is 6.10 Å². The Labute approximate surface area is 164 Å². The maximum absolute atomic E-state index is 6.26. The SMILES string of the molecule is CCCCCCCCCCCCCCCCC(OCC)C(C)(N)OCC. The molecule has 0 saturated carbocycles. The molecular weight excluding hydrogens is 322 g/mol. The molecule has 0 rings (SSSR count). The van der Waals surface area contributed by atoms with E-state index < -0.39 is 5.72 Å². The molecule has 0 aliphatic rings. The Balaban J connectivity index is 3.48. The lowest BCUT2D eigenvalue weighted by Gasteiger charge is -2.33. The number of rotatable bonds is 20. The highest BCUT2D eigenvalue weighted by Crippen LogP contribution is 2.20. The van der Waals surface area contributed by atoms with Crippen molar-refractivity contribution in [2.24, 2.45) is 5.73 Å². The van der Waals surface area contributed by atoms with Gasteiger partial charge in [-0.1, -0.05) is 96.8 Å². The predicted molar refractivity (Wildman–Crippen MR) is 115 cm³/mol. The highest BCUT2D eigenvalue weighted by molar-refractivity contribution is 4.79.